The van der Waals surface area contributed by atoms with Gasteiger partial charge in [0, 0.05) is 49.2 Å². The zero-order valence-electron chi connectivity index (χ0n) is 17.4. The average Bonchev–Trinajstić information content (AvgIpc) is 3.22. The highest BCUT2D eigenvalue weighted by Gasteiger charge is 2.22. The Morgan fingerprint density at radius 1 is 1.26 bits per heavy atom. The van der Waals surface area contributed by atoms with Crippen molar-refractivity contribution in [1.29, 1.82) is 0 Å². The number of aliphatic hydroxyl groups is 2. The van der Waals surface area contributed by atoms with Crippen LogP contribution in [-0.2, 0) is 11.4 Å². The minimum atomic E-state index is -0.365. The van der Waals surface area contributed by atoms with Gasteiger partial charge in [0.1, 0.15) is 18.0 Å². The first kappa shape index (κ1) is 21.6. The van der Waals surface area contributed by atoms with Crippen LogP contribution >= 0.6 is 11.6 Å². The van der Waals surface area contributed by atoms with Crippen molar-refractivity contribution in [2.45, 2.75) is 25.9 Å². The second kappa shape index (κ2) is 9.26. The maximum Gasteiger partial charge on any atom is 0.158 e. The summed E-state index contributed by atoms with van der Waals surface area (Å²) in [6, 6.07) is 7.62. The van der Waals surface area contributed by atoms with E-state index < -0.39 is 0 Å². The third-order valence-electron chi connectivity index (χ3n) is 5.94. The molecule has 0 amide bonds. The Balaban J connectivity index is 1.56. The molecule has 0 radical (unpaired) electrons. The summed E-state index contributed by atoms with van der Waals surface area (Å²) in [5.74, 6) is 0.782. The number of pyridine rings is 1. The molecule has 8 heteroatoms. The normalized spacial score (nSPS) is 14.9. The van der Waals surface area contributed by atoms with Crippen molar-refractivity contribution in [3.05, 3.63) is 47.2 Å². The first-order valence-corrected chi connectivity index (χ1v) is 10.7. The van der Waals surface area contributed by atoms with Gasteiger partial charge in [0.05, 0.1) is 24.4 Å². The lowest BCUT2D eigenvalue weighted by atomic mass is 9.91. The zero-order chi connectivity index (χ0) is 22.0. The van der Waals surface area contributed by atoms with Crippen molar-refractivity contribution in [2.24, 2.45) is 5.92 Å². The second-order valence-electron chi connectivity index (χ2n) is 7.91. The molecule has 7 nitrogen and oxygen atoms in total. The van der Waals surface area contributed by atoms with Gasteiger partial charge in [-0.15, -0.1) is 0 Å². The third kappa shape index (κ3) is 4.54. The van der Waals surface area contributed by atoms with Gasteiger partial charge >= 0.3 is 0 Å². The van der Waals surface area contributed by atoms with Crippen LogP contribution in [0.2, 0.25) is 5.02 Å². The van der Waals surface area contributed by atoms with Crippen molar-refractivity contribution in [1.82, 2.24) is 9.38 Å². The molecule has 3 heterocycles. The third-order valence-corrected chi connectivity index (χ3v) is 6.24. The van der Waals surface area contributed by atoms with Crippen LogP contribution in [0.1, 0.15) is 24.8 Å². The maximum atomic E-state index is 11.5. The summed E-state index contributed by atoms with van der Waals surface area (Å²) in [5.41, 5.74) is 4.09. The first-order chi connectivity index (χ1) is 15.0. The number of hydrogen-bond acceptors (Lipinski definition) is 6. The summed E-state index contributed by atoms with van der Waals surface area (Å²) in [5, 5.41) is 19.2. The number of piperidine rings is 1. The van der Waals surface area contributed by atoms with E-state index in [2.05, 4.69) is 11.0 Å². The van der Waals surface area contributed by atoms with Gasteiger partial charge in [-0.25, -0.2) is 4.98 Å². The van der Waals surface area contributed by atoms with E-state index in [-0.39, 0.29) is 19.0 Å². The summed E-state index contributed by atoms with van der Waals surface area (Å²) < 4.78 is 7.20. The first-order valence-electron chi connectivity index (χ1n) is 10.4. The van der Waals surface area contributed by atoms with E-state index in [1.165, 1.54) is 0 Å². The molecular formula is C23H26ClN3O4. The number of aliphatic hydroxyl groups excluding tert-OH is 2. The van der Waals surface area contributed by atoms with E-state index >= 15 is 0 Å². The molecule has 1 aromatic carbocycles. The highest BCUT2D eigenvalue weighted by Crippen LogP contribution is 2.34. The summed E-state index contributed by atoms with van der Waals surface area (Å²) in [7, 11) is 1.54. The number of carbonyl (C=O) groups excluding carboxylic acids is 1. The topological polar surface area (TPSA) is 87.3 Å². The fourth-order valence-electron chi connectivity index (χ4n) is 4.20. The quantitative estimate of drug-likeness (QED) is 0.582. The summed E-state index contributed by atoms with van der Waals surface area (Å²) in [6.45, 7) is 1.23. The number of aromatic nitrogens is 2. The Bertz CT molecular complexity index is 1090. The van der Waals surface area contributed by atoms with Crippen molar-refractivity contribution >= 4 is 28.7 Å². The summed E-state index contributed by atoms with van der Waals surface area (Å²) in [4.78, 5) is 18.6. The van der Waals surface area contributed by atoms with E-state index in [0.29, 0.717) is 28.7 Å². The summed E-state index contributed by atoms with van der Waals surface area (Å²) in [6.07, 6.45) is 6.22. The number of imidazole rings is 1. The lowest BCUT2D eigenvalue weighted by molar-refractivity contribution is -0.122. The number of nitrogens with zero attached hydrogens (tertiary/aromatic N) is 3. The Morgan fingerprint density at radius 2 is 2.03 bits per heavy atom. The minimum Gasteiger partial charge on any atom is -0.495 e. The van der Waals surface area contributed by atoms with Crippen molar-refractivity contribution in [3.8, 4) is 17.0 Å². The zero-order valence-corrected chi connectivity index (χ0v) is 18.2. The van der Waals surface area contributed by atoms with Crippen LogP contribution in [-0.4, -0.2) is 52.2 Å². The number of hydrogen-bond donors (Lipinski definition) is 2. The van der Waals surface area contributed by atoms with Crippen molar-refractivity contribution < 1.29 is 19.7 Å². The number of fused-ring (bicyclic) bond motifs is 1. The fourth-order valence-corrected chi connectivity index (χ4v) is 4.44. The smallest absolute Gasteiger partial charge is 0.158 e. The molecule has 2 N–H and O–H groups in total. The van der Waals surface area contributed by atoms with Crippen LogP contribution in [0.15, 0.2) is 36.7 Å². The van der Waals surface area contributed by atoms with Gasteiger partial charge in [-0.3, -0.25) is 4.79 Å². The fraction of sp³-hybridized carbons (Fsp3) is 0.391. The molecule has 0 aliphatic carbocycles. The molecule has 164 valence electrons. The van der Waals surface area contributed by atoms with E-state index in [0.717, 1.165) is 48.5 Å². The highest BCUT2D eigenvalue weighted by atomic mass is 35.5. The van der Waals surface area contributed by atoms with E-state index in [4.69, 9.17) is 26.4 Å². The van der Waals surface area contributed by atoms with Crippen LogP contribution in [0.3, 0.4) is 0 Å². The number of carbonyl (C=O) groups is 1. The van der Waals surface area contributed by atoms with Crippen LogP contribution < -0.4 is 9.64 Å². The molecule has 1 aliphatic heterocycles. The Labute approximate surface area is 185 Å². The molecule has 0 bridgehead atoms. The van der Waals surface area contributed by atoms with Crippen molar-refractivity contribution in [3.63, 3.8) is 0 Å². The van der Waals surface area contributed by atoms with Crippen LogP contribution in [0.5, 0.6) is 5.75 Å². The van der Waals surface area contributed by atoms with Gasteiger partial charge in [-0.2, -0.15) is 0 Å². The molecule has 1 fully saturated rings. The molecule has 1 saturated heterocycles. The predicted molar refractivity (Wildman–Crippen MR) is 120 cm³/mol. The van der Waals surface area contributed by atoms with Gasteiger partial charge in [-0.05, 0) is 42.5 Å². The Hall–Kier alpha value is -2.61. The molecule has 0 unspecified atom stereocenters. The lowest BCUT2D eigenvalue weighted by Gasteiger charge is -2.33. The van der Waals surface area contributed by atoms with E-state index in [1.54, 1.807) is 19.2 Å². The monoisotopic (exact) mass is 443 g/mol. The molecule has 4 rings (SSSR count). The maximum absolute atomic E-state index is 11.5. The number of methoxy groups -OCH3 is 1. The van der Waals surface area contributed by atoms with E-state index in [1.807, 2.05) is 22.9 Å². The Morgan fingerprint density at radius 3 is 2.71 bits per heavy atom. The summed E-state index contributed by atoms with van der Waals surface area (Å²) >= 11 is 6.30. The SMILES string of the molecule is COc1cc(CO)c(-c2cn3ccc(N4CCC(CC(=O)CO)CC4)cc3n2)cc1Cl. The largest absolute Gasteiger partial charge is 0.495 e. The minimum absolute atomic E-state index is 0.0781. The number of anilines is 1. The van der Waals surface area contributed by atoms with E-state index in [9.17, 15) is 9.90 Å². The number of halogens is 1. The molecular weight excluding hydrogens is 418 g/mol. The van der Waals surface area contributed by atoms with Gasteiger partial charge in [0.15, 0.2) is 5.78 Å². The average molecular weight is 444 g/mol. The molecule has 0 saturated carbocycles. The number of Topliss-reactive ketones (excluding diaryl/α,β-unsaturated/α-hetero) is 1. The molecule has 3 aromatic rings. The van der Waals surface area contributed by atoms with Gasteiger partial charge < -0.3 is 24.3 Å². The van der Waals surface area contributed by atoms with Crippen LogP contribution in [0, 0.1) is 5.92 Å². The molecule has 31 heavy (non-hydrogen) atoms. The molecule has 2 aromatic heterocycles. The standard InChI is InChI=1S/C23H26ClN3O4/c1-31-22-9-16(13-28)19(11-20(22)24)21-12-27-7-4-17(10-23(27)25-21)26-5-2-15(3-6-26)8-18(30)14-29/h4,7,9-12,15,28-29H,2-3,5-6,8,13-14H2,1H3. The molecule has 0 spiro atoms. The van der Waals surface area contributed by atoms with Gasteiger partial charge in [0.2, 0.25) is 0 Å². The number of ether oxygens (including phenoxy) is 1. The van der Waals surface area contributed by atoms with Gasteiger partial charge in [0.25, 0.3) is 0 Å². The number of ketones is 1. The highest BCUT2D eigenvalue weighted by molar-refractivity contribution is 6.32. The number of benzene rings is 1. The predicted octanol–water partition coefficient (Wildman–Crippen LogP) is 3.32. The number of rotatable bonds is 7. The Kier molecular flexibility index (Phi) is 6.46. The molecule has 1 aliphatic rings. The van der Waals surface area contributed by atoms with Gasteiger partial charge in [-0.1, -0.05) is 11.6 Å². The van der Waals surface area contributed by atoms with Crippen LogP contribution in [0.25, 0.3) is 16.9 Å². The molecule has 0 atom stereocenters. The lowest BCUT2D eigenvalue weighted by Crippen LogP contribution is -2.34. The van der Waals surface area contributed by atoms with Crippen molar-refractivity contribution in [2.75, 3.05) is 31.7 Å². The van der Waals surface area contributed by atoms with Crippen LogP contribution in [0.4, 0.5) is 5.69 Å². The second-order valence-corrected chi connectivity index (χ2v) is 8.32.